The Labute approximate surface area is 169 Å². The van der Waals surface area contributed by atoms with Crippen LogP contribution >= 0.6 is 7.60 Å². The summed E-state index contributed by atoms with van der Waals surface area (Å²) in [5.41, 5.74) is 2.07. The molecule has 1 heterocycles. The van der Waals surface area contributed by atoms with E-state index in [4.69, 9.17) is 18.2 Å². The van der Waals surface area contributed by atoms with E-state index >= 15 is 0 Å². The Morgan fingerprint density at radius 3 is 2.31 bits per heavy atom. The summed E-state index contributed by atoms with van der Waals surface area (Å²) in [6.07, 6.45) is 3.56. The second kappa shape index (κ2) is 9.56. The van der Waals surface area contributed by atoms with E-state index in [-0.39, 0.29) is 17.2 Å². The van der Waals surface area contributed by atoms with Crippen molar-refractivity contribution < 1.29 is 22.8 Å². The lowest BCUT2D eigenvalue weighted by atomic mass is 10.2. The van der Waals surface area contributed by atoms with E-state index < -0.39 is 7.60 Å². The Hall–Kier alpha value is -2.86. The van der Waals surface area contributed by atoms with Gasteiger partial charge in [-0.3, -0.25) is 4.57 Å². The van der Waals surface area contributed by atoms with Gasteiger partial charge in [0.05, 0.1) is 7.11 Å². The standard InChI is InChI=1S/C21H23N2O5P/c1-25-18-12-9-17(10-13-18)15-22-20-21(29(24,26-2)27-3)23-19(28-20)14-11-16-7-5-4-6-8-16/h4-14,22H,15H2,1-3H3/b14-11+. The number of nitrogens with one attached hydrogen (secondary N) is 1. The molecule has 0 saturated carbocycles. The molecule has 0 aliphatic carbocycles. The summed E-state index contributed by atoms with van der Waals surface area (Å²) in [5, 5.41) is 3.12. The second-order valence-electron chi connectivity index (χ2n) is 6.01. The summed E-state index contributed by atoms with van der Waals surface area (Å²) in [4.78, 5) is 4.33. The third kappa shape index (κ3) is 5.15. The number of aromatic nitrogens is 1. The van der Waals surface area contributed by atoms with Crippen molar-refractivity contribution >= 4 is 31.1 Å². The molecule has 0 bridgehead atoms. The van der Waals surface area contributed by atoms with Gasteiger partial charge in [0.2, 0.25) is 17.2 Å². The zero-order valence-electron chi connectivity index (χ0n) is 16.5. The van der Waals surface area contributed by atoms with Crippen molar-refractivity contribution in [3.05, 3.63) is 71.6 Å². The molecule has 8 heteroatoms. The number of ether oxygens (including phenoxy) is 1. The van der Waals surface area contributed by atoms with Crippen molar-refractivity contribution in [3.8, 4) is 5.75 Å². The molecule has 1 aromatic heterocycles. The summed E-state index contributed by atoms with van der Waals surface area (Å²) < 4.78 is 34.1. The highest BCUT2D eigenvalue weighted by Gasteiger charge is 2.33. The van der Waals surface area contributed by atoms with Crippen molar-refractivity contribution in [2.75, 3.05) is 26.6 Å². The second-order valence-corrected chi connectivity index (χ2v) is 8.16. The fraction of sp³-hybridized carbons (Fsp3) is 0.190. The molecule has 0 saturated heterocycles. The number of hydrogen-bond acceptors (Lipinski definition) is 7. The van der Waals surface area contributed by atoms with Gasteiger partial charge in [0.25, 0.3) is 0 Å². The van der Waals surface area contributed by atoms with Crippen molar-refractivity contribution in [1.29, 1.82) is 0 Å². The Balaban J connectivity index is 1.85. The van der Waals surface area contributed by atoms with E-state index in [0.717, 1.165) is 16.9 Å². The number of nitrogens with zero attached hydrogens (tertiary/aromatic N) is 1. The summed E-state index contributed by atoms with van der Waals surface area (Å²) >= 11 is 0. The maximum atomic E-state index is 12.9. The maximum absolute atomic E-state index is 12.9. The van der Waals surface area contributed by atoms with E-state index in [1.165, 1.54) is 14.2 Å². The number of hydrogen-bond donors (Lipinski definition) is 1. The van der Waals surface area contributed by atoms with Crippen LogP contribution in [0.1, 0.15) is 17.0 Å². The molecule has 1 N–H and O–H groups in total. The molecule has 3 aromatic rings. The number of methoxy groups -OCH3 is 1. The molecular weight excluding hydrogens is 391 g/mol. The number of rotatable bonds is 9. The van der Waals surface area contributed by atoms with Crippen LogP contribution < -0.4 is 15.5 Å². The van der Waals surface area contributed by atoms with Crippen LogP contribution in [0, 0.1) is 0 Å². The summed E-state index contributed by atoms with van der Waals surface area (Å²) in [6, 6.07) is 17.3. The zero-order chi connectivity index (χ0) is 20.7. The smallest absolute Gasteiger partial charge is 0.384 e. The van der Waals surface area contributed by atoms with E-state index in [1.54, 1.807) is 13.2 Å². The van der Waals surface area contributed by atoms with Crippen LogP contribution in [0.2, 0.25) is 0 Å². The van der Waals surface area contributed by atoms with Gasteiger partial charge in [-0.15, -0.1) is 0 Å². The SMILES string of the molecule is COc1ccc(CNc2oc(/C=C/c3ccccc3)nc2P(=O)(OC)OC)cc1. The molecule has 0 spiro atoms. The highest BCUT2D eigenvalue weighted by Crippen LogP contribution is 2.47. The molecule has 7 nitrogen and oxygen atoms in total. The lowest BCUT2D eigenvalue weighted by Crippen LogP contribution is -2.14. The summed E-state index contributed by atoms with van der Waals surface area (Å²) in [5.74, 6) is 1.29. The predicted molar refractivity (Wildman–Crippen MR) is 113 cm³/mol. The maximum Gasteiger partial charge on any atom is 0.384 e. The molecule has 0 aliphatic rings. The minimum absolute atomic E-state index is 0.101. The zero-order valence-corrected chi connectivity index (χ0v) is 17.4. The highest BCUT2D eigenvalue weighted by molar-refractivity contribution is 7.62. The fourth-order valence-corrected chi connectivity index (χ4v) is 3.69. The largest absolute Gasteiger partial charge is 0.497 e. The van der Waals surface area contributed by atoms with Crippen LogP contribution in [0.25, 0.3) is 12.2 Å². The van der Waals surface area contributed by atoms with Gasteiger partial charge in [0.15, 0.2) is 0 Å². The lowest BCUT2D eigenvalue weighted by Gasteiger charge is -2.12. The van der Waals surface area contributed by atoms with Crippen LogP contribution in [-0.2, 0) is 20.2 Å². The molecule has 3 rings (SSSR count). The van der Waals surface area contributed by atoms with Gasteiger partial charge in [-0.2, -0.15) is 4.98 Å². The average molecular weight is 414 g/mol. The van der Waals surface area contributed by atoms with Crippen LogP contribution in [0.15, 0.2) is 59.0 Å². The first-order chi connectivity index (χ1) is 14.1. The molecule has 29 heavy (non-hydrogen) atoms. The first kappa shape index (κ1) is 20.9. The molecular formula is C21H23N2O5P. The first-order valence-electron chi connectivity index (χ1n) is 8.91. The van der Waals surface area contributed by atoms with Crippen molar-refractivity contribution in [1.82, 2.24) is 4.98 Å². The fourth-order valence-electron chi connectivity index (χ4n) is 2.61. The molecule has 0 amide bonds. The van der Waals surface area contributed by atoms with Gasteiger partial charge in [-0.05, 0) is 29.3 Å². The Kier molecular flexibility index (Phi) is 6.88. The molecule has 2 aromatic carbocycles. The van der Waals surface area contributed by atoms with Crippen molar-refractivity contribution in [2.45, 2.75) is 6.54 Å². The van der Waals surface area contributed by atoms with Gasteiger partial charge in [-0.25, -0.2) is 0 Å². The number of oxazole rings is 1. The predicted octanol–water partition coefficient (Wildman–Crippen LogP) is 4.58. The van der Waals surface area contributed by atoms with Gasteiger partial charge < -0.3 is 23.5 Å². The minimum atomic E-state index is -3.60. The van der Waals surface area contributed by atoms with E-state index in [2.05, 4.69) is 10.3 Å². The average Bonchev–Trinajstić information content (AvgIpc) is 3.20. The summed E-state index contributed by atoms with van der Waals surface area (Å²) in [7, 11) is 0.638. The quantitative estimate of drug-likeness (QED) is 0.513. The number of benzene rings is 2. The van der Waals surface area contributed by atoms with E-state index in [0.29, 0.717) is 6.54 Å². The molecule has 0 atom stereocenters. The van der Waals surface area contributed by atoms with Crippen LogP contribution in [0.5, 0.6) is 5.75 Å². The number of anilines is 1. The van der Waals surface area contributed by atoms with Gasteiger partial charge >= 0.3 is 7.60 Å². The van der Waals surface area contributed by atoms with Crippen molar-refractivity contribution in [2.24, 2.45) is 0 Å². The molecule has 152 valence electrons. The normalized spacial score (nSPS) is 11.7. The van der Waals surface area contributed by atoms with E-state index in [9.17, 15) is 4.57 Å². The van der Waals surface area contributed by atoms with Crippen molar-refractivity contribution in [3.63, 3.8) is 0 Å². The topological polar surface area (TPSA) is 82.8 Å². The Morgan fingerprint density at radius 2 is 1.69 bits per heavy atom. The molecule has 0 radical (unpaired) electrons. The summed E-state index contributed by atoms with van der Waals surface area (Å²) in [6.45, 7) is 0.432. The van der Waals surface area contributed by atoms with E-state index in [1.807, 2.05) is 60.7 Å². The first-order valence-corrected chi connectivity index (χ1v) is 10.4. The highest BCUT2D eigenvalue weighted by atomic mass is 31.2. The monoisotopic (exact) mass is 414 g/mol. The molecule has 0 fully saturated rings. The van der Waals surface area contributed by atoms with Crippen LogP contribution in [0.3, 0.4) is 0 Å². The molecule has 0 aliphatic heterocycles. The van der Waals surface area contributed by atoms with Crippen LogP contribution in [0.4, 0.5) is 5.88 Å². The minimum Gasteiger partial charge on any atom is -0.497 e. The van der Waals surface area contributed by atoms with Gasteiger partial charge in [0, 0.05) is 26.8 Å². The third-order valence-corrected chi connectivity index (χ3v) is 5.98. The third-order valence-electron chi connectivity index (χ3n) is 4.20. The Bertz CT molecular complexity index is 992. The van der Waals surface area contributed by atoms with Crippen LogP contribution in [-0.4, -0.2) is 26.3 Å². The van der Waals surface area contributed by atoms with Gasteiger partial charge in [0.1, 0.15) is 5.75 Å². The Morgan fingerprint density at radius 1 is 1.00 bits per heavy atom. The lowest BCUT2D eigenvalue weighted by molar-refractivity contribution is 0.286. The molecule has 0 unspecified atom stereocenters. The van der Waals surface area contributed by atoms with Gasteiger partial charge in [-0.1, -0.05) is 42.5 Å².